The molecule has 1 atom stereocenters. The maximum atomic E-state index is 12.2. The molecule has 21 heavy (non-hydrogen) atoms. The Morgan fingerprint density at radius 1 is 1.48 bits per heavy atom. The molecule has 0 radical (unpaired) electrons. The van der Waals surface area contributed by atoms with Gasteiger partial charge in [0.2, 0.25) is 0 Å². The second-order valence-corrected chi connectivity index (χ2v) is 4.45. The minimum absolute atomic E-state index is 0.0876. The molecule has 2 N–H and O–H groups in total. The summed E-state index contributed by atoms with van der Waals surface area (Å²) in [7, 11) is 0. The molecule has 0 saturated carbocycles. The summed E-state index contributed by atoms with van der Waals surface area (Å²) in [4.78, 5) is 22.6. The highest BCUT2D eigenvalue weighted by atomic mass is 16.6. The van der Waals surface area contributed by atoms with E-state index in [1.807, 2.05) is 6.92 Å². The number of nitro benzene ring substituents is 1. The summed E-state index contributed by atoms with van der Waals surface area (Å²) >= 11 is 0. The predicted molar refractivity (Wildman–Crippen MR) is 77.5 cm³/mol. The lowest BCUT2D eigenvalue weighted by atomic mass is 10.1. The van der Waals surface area contributed by atoms with E-state index in [0.29, 0.717) is 19.4 Å². The molecule has 1 unspecified atom stereocenters. The molecule has 116 valence electrons. The number of rotatable bonds is 8. The van der Waals surface area contributed by atoms with Crippen LogP contribution in [0.2, 0.25) is 0 Å². The minimum Gasteiger partial charge on any atom is -0.493 e. The fourth-order valence-electron chi connectivity index (χ4n) is 1.82. The van der Waals surface area contributed by atoms with Gasteiger partial charge in [0.1, 0.15) is 5.75 Å². The van der Waals surface area contributed by atoms with E-state index in [-0.39, 0.29) is 23.5 Å². The van der Waals surface area contributed by atoms with E-state index >= 15 is 0 Å². The van der Waals surface area contributed by atoms with E-state index < -0.39 is 16.9 Å². The molecule has 1 amide bonds. The molecule has 7 nitrogen and oxygen atoms in total. The highest BCUT2D eigenvalue weighted by Gasteiger charge is 2.24. The second-order valence-electron chi connectivity index (χ2n) is 4.45. The number of aliphatic hydroxyl groups is 1. The largest absolute Gasteiger partial charge is 0.493 e. The normalized spacial score (nSPS) is 11.8. The first-order chi connectivity index (χ1) is 10.0. The van der Waals surface area contributed by atoms with Gasteiger partial charge in [-0.05, 0) is 25.8 Å². The van der Waals surface area contributed by atoms with Crippen LogP contribution in [0, 0.1) is 10.1 Å². The summed E-state index contributed by atoms with van der Waals surface area (Å²) in [5, 5.41) is 23.1. The lowest BCUT2D eigenvalue weighted by Crippen LogP contribution is -2.28. The van der Waals surface area contributed by atoms with E-state index in [4.69, 9.17) is 4.74 Å². The first-order valence-corrected chi connectivity index (χ1v) is 6.87. The van der Waals surface area contributed by atoms with Crippen molar-refractivity contribution in [2.75, 3.05) is 13.2 Å². The number of nitrogens with one attached hydrogen (secondary N) is 1. The number of aliphatic hydroxyl groups excluding tert-OH is 1. The van der Waals surface area contributed by atoms with Gasteiger partial charge in [-0.1, -0.05) is 13.0 Å². The van der Waals surface area contributed by atoms with Crippen LogP contribution in [0.5, 0.6) is 5.75 Å². The Morgan fingerprint density at radius 2 is 2.19 bits per heavy atom. The van der Waals surface area contributed by atoms with Crippen LogP contribution in [0.25, 0.3) is 0 Å². The van der Waals surface area contributed by atoms with Gasteiger partial charge >= 0.3 is 0 Å². The van der Waals surface area contributed by atoms with E-state index in [1.165, 1.54) is 18.2 Å². The van der Waals surface area contributed by atoms with Gasteiger partial charge < -0.3 is 15.2 Å². The van der Waals surface area contributed by atoms with Crippen molar-refractivity contribution in [3.8, 4) is 5.75 Å². The monoisotopic (exact) mass is 296 g/mol. The third kappa shape index (κ3) is 4.71. The Labute approximate surface area is 123 Å². The Hall–Kier alpha value is -2.15. The topological polar surface area (TPSA) is 102 Å². The molecule has 1 aromatic rings. The summed E-state index contributed by atoms with van der Waals surface area (Å²) in [6.45, 7) is 4.11. The van der Waals surface area contributed by atoms with Gasteiger partial charge in [-0.2, -0.15) is 0 Å². The average molecular weight is 296 g/mol. The van der Waals surface area contributed by atoms with Crippen molar-refractivity contribution >= 4 is 11.6 Å². The van der Waals surface area contributed by atoms with Gasteiger partial charge in [0.15, 0.2) is 5.56 Å². The molecule has 0 aromatic heterocycles. The summed E-state index contributed by atoms with van der Waals surface area (Å²) in [6, 6.07) is 4.26. The molecule has 1 aromatic carbocycles. The highest BCUT2D eigenvalue weighted by molar-refractivity contribution is 6.00. The number of carbonyl (C=O) groups is 1. The summed E-state index contributed by atoms with van der Waals surface area (Å²) in [5.41, 5.74) is -0.384. The molecule has 0 spiro atoms. The van der Waals surface area contributed by atoms with Crippen LogP contribution in [0.15, 0.2) is 18.2 Å². The van der Waals surface area contributed by atoms with Crippen LogP contribution in [0.4, 0.5) is 5.69 Å². The molecular formula is C14H20N2O5. The number of hydrogen-bond acceptors (Lipinski definition) is 5. The Balaban J connectivity index is 2.92. The molecule has 0 bridgehead atoms. The maximum Gasteiger partial charge on any atom is 0.285 e. The standard InChI is InChI=1S/C14H20N2O5/c1-3-10(17)8-9-15-14(18)13-11(16(19)20)6-5-7-12(13)21-4-2/h5-7,10,17H,3-4,8-9H2,1-2H3,(H,15,18). The van der Waals surface area contributed by atoms with Crippen LogP contribution in [-0.2, 0) is 0 Å². The van der Waals surface area contributed by atoms with Crippen molar-refractivity contribution in [1.29, 1.82) is 0 Å². The van der Waals surface area contributed by atoms with Crippen LogP contribution >= 0.6 is 0 Å². The smallest absolute Gasteiger partial charge is 0.285 e. The minimum atomic E-state index is -0.613. The summed E-state index contributed by atoms with van der Waals surface area (Å²) in [5.74, 6) is -0.394. The van der Waals surface area contributed by atoms with Gasteiger partial charge in [-0.15, -0.1) is 0 Å². The summed E-state index contributed by atoms with van der Waals surface area (Å²) in [6.07, 6.45) is 0.487. The van der Waals surface area contributed by atoms with Crippen LogP contribution in [-0.4, -0.2) is 35.2 Å². The second kappa shape index (κ2) is 8.21. The molecule has 0 aliphatic rings. The third-order valence-electron chi connectivity index (χ3n) is 2.96. The fraction of sp³-hybridized carbons (Fsp3) is 0.500. The van der Waals surface area contributed by atoms with Crippen LogP contribution in [0.3, 0.4) is 0 Å². The third-order valence-corrected chi connectivity index (χ3v) is 2.96. The van der Waals surface area contributed by atoms with E-state index in [0.717, 1.165) is 0 Å². The number of amides is 1. The van der Waals surface area contributed by atoms with Gasteiger partial charge in [0.25, 0.3) is 11.6 Å². The number of ether oxygens (including phenoxy) is 1. The maximum absolute atomic E-state index is 12.2. The van der Waals surface area contributed by atoms with E-state index in [1.54, 1.807) is 6.92 Å². The summed E-state index contributed by atoms with van der Waals surface area (Å²) < 4.78 is 5.28. The zero-order valence-electron chi connectivity index (χ0n) is 12.2. The van der Waals surface area contributed by atoms with Crippen molar-refractivity contribution in [1.82, 2.24) is 5.32 Å². The van der Waals surface area contributed by atoms with Gasteiger partial charge in [0, 0.05) is 12.6 Å². The lowest BCUT2D eigenvalue weighted by molar-refractivity contribution is -0.385. The fourth-order valence-corrected chi connectivity index (χ4v) is 1.82. The Morgan fingerprint density at radius 3 is 2.76 bits per heavy atom. The van der Waals surface area contributed by atoms with Crippen molar-refractivity contribution < 1.29 is 19.6 Å². The van der Waals surface area contributed by atoms with Crippen LogP contribution < -0.4 is 10.1 Å². The number of nitro groups is 1. The van der Waals surface area contributed by atoms with Crippen LogP contribution in [0.1, 0.15) is 37.0 Å². The Kier molecular flexibility index (Phi) is 6.61. The van der Waals surface area contributed by atoms with Gasteiger partial charge in [-0.3, -0.25) is 14.9 Å². The van der Waals surface area contributed by atoms with Crippen molar-refractivity contribution in [2.45, 2.75) is 32.8 Å². The first-order valence-electron chi connectivity index (χ1n) is 6.87. The van der Waals surface area contributed by atoms with Gasteiger partial charge in [-0.25, -0.2) is 0 Å². The molecule has 0 saturated heterocycles. The number of benzene rings is 1. The number of carbonyl (C=O) groups excluding carboxylic acids is 1. The zero-order chi connectivity index (χ0) is 15.8. The molecule has 0 heterocycles. The highest BCUT2D eigenvalue weighted by Crippen LogP contribution is 2.28. The Bertz CT molecular complexity index is 504. The quantitative estimate of drug-likeness (QED) is 0.563. The van der Waals surface area contributed by atoms with E-state index in [2.05, 4.69) is 5.32 Å². The van der Waals surface area contributed by atoms with E-state index in [9.17, 15) is 20.0 Å². The number of nitrogens with zero attached hydrogens (tertiary/aromatic N) is 1. The average Bonchev–Trinajstić information content (AvgIpc) is 2.46. The van der Waals surface area contributed by atoms with Crippen molar-refractivity contribution in [3.63, 3.8) is 0 Å². The molecule has 0 fully saturated rings. The van der Waals surface area contributed by atoms with Crippen molar-refractivity contribution in [2.24, 2.45) is 0 Å². The zero-order valence-corrected chi connectivity index (χ0v) is 12.2. The molecule has 0 aliphatic carbocycles. The predicted octanol–water partition coefficient (Wildman–Crippen LogP) is 1.88. The molecule has 0 aliphatic heterocycles. The van der Waals surface area contributed by atoms with Gasteiger partial charge in [0.05, 0.1) is 17.6 Å². The van der Waals surface area contributed by atoms with Crippen molar-refractivity contribution in [3.05, 3.63) is 33.9 Å². The number of hydrogen-bond donors (Lipinski definition) is 2. The first kappa shape index (κ1) is 16.9. The SMILES string of the molecule is CCOc1cccc([N+](=O)[O-])c1C(=O)NCCC(O)CC. The molecule has 1 rings (SSSR count). The lowest BCUT2D eigenvalue weighted by Gasteiger charge is -2.12. The molecular weight excluding hydrogens is 276 g/mol. The molecule has 7 heteroatoms.